The van der Waals surface area contributed by atoms with Crippen molar-refractivity contribution >= 4 is 28.6 Å². The van der Waals surface area contributed by atoms with Crippen LogP contribution in [0.2, 0.25) is 0 Å². The van der Waals surface area contributed by atoms with Crippen LogP contribution in [0.4, 0.5) is 0 Å². The van der Waals surface area contributed by atoms with Crippen molar-refractivity contribution in [1.82, 2.24) is 4.57 Å². The molecule has 1 unspecified atom stereocenters. The van der Waals surface area contributed by atoms with E-state index < -0.39 is 11.9 Å². The van der Waals surface area contributed by atoms with Gasteiger partial charge < -0.3 is 15.4 Å². The summed E-state index contributed by atoms with van der Waals surface area (Å²) in [4.78, 5) is 12.5. The molecule has 0 aliphatic heterocycles. The monoisotopic (exact) mass is 292 g/mol. The van der Waals surface area contributed by atoms with Crippen LogP contribution in [0.5, 0.6) is 0 Å². The van der Waals surface area contributed by atoms with E-state index in [1.807, 2.05) is 19.5 Å². The van der Waals surface area contributed by atoms with E-state index in [1.54, 1.807) is 11.8 Å². The van der Waals surface area contributed by atoms with Gasteiger partial charge in [0.05, 0.1) is 5.92 Å². The van der Waals surface area contributed by atoms with Gasteiger partial charge in [-0.15, -0.1) is 11.8 Å². The number of aliphatic carboxylic acids is 1. The predicted molar refractivity (Wildman–Crippen MR) is 83.2 cm³/mol. The first kappa shape index (κ1) is 14.9. The Labute approximate surface area is 123 Å². The highest BCUT2D eigenvalue weighted by atomic mass is 32.2. The highest BCUT2D eigenvalue weighted by molar-refractivity contribution is 7.98. The molecule has 1 aromatic heterocycles. The van der Waals surface area contributed by atoms with Crippen molar-refractivity contribution in [2.24, 2.45) is 18.7 Å². The minimum Gasteiger partial charge on any atom is -0.481 e. The van der Waals surface area contributed by atoms with Crippen LogP contribution in [0.25, 0.3) is 10.9 Å². The van der Waals surface area contributed by atoms with Crippen LogP contribution < -0.4 is 5.73 Å². The van der Waals surface area contributed by atoms with Crippen LogP contribution in [0.1, 0.15) is 12.0 Å². The van der Waals surface area contributed by atoms with Crippen molar-refractivity contribution in [2.75, 3.05) is 12.8 Å². The van der Waals surface area contributed by atoms with E-state index in [2.05, 4.69) is 22.8 Å². The average Bonchev–Trinajstić information content (AvgIpc) is 2.74. The molecular formula is C15H20N2O2S. The van der Waals surface area contributed by atoms with Gasteiger partial charge in [-0.25, -0.2) is 0 Å². The van der Waals surface area contributed by atoms with Crippen molar-refractivity contribution in [1.29, 1.82) is 0 Å². The zero-order chi connectivity index (χ0) is 14.7. The lowest BCUT2D eigenvalue weighted by atomic mass is 9.96. The average molecular weight is 292 g/mol. The quantitative estimate of drug-likeness (QED) is 0.803. The molecule has 4 nitrogen and oxygen atoms in total. The standard InChI is InChI=1S/C15H20N2O2S/c1-17-9-11(7-10(5-6-16)15(18)19)13-8-12(20-2)3-4-14(13)17/h3-4,8-10H,5-7,16H2,1-2H3,(H,18,19). The molecule has 20 heavy (non-hydrogen) atoms. The molecular weight excluding hydrogens is 272 g/mol. The number of carboxylic acids is 1. The Morgan fingerprint density at radius 3 is 2.85 bits per heavy atom. The number of aromatic nitrogens is 1. The summed E-state index contributed by atoms with van der Waals surface area (Å²) in [5.74, 6) is -1.18. The van der Waals surface area contributed by atoms with Crippen molar-refractivity contribution in [3.05, 3.63) is 30.0 Å². The number of nitrogens with zero attached hydrogens (tertiary/aromatic N) is 1. The summed E-state index contributed by atoms with van der Waals surface area (Å²) in [5.41, 5.74) is 7.73. The maximum Gasteiger partial charge on any atom is 0.306 e. The SMILES string of the molecule is CSc1ccc2c(c1)c(CC(CCN)C(=O)O)cn2C. The van der Waals surface area contributed by atoms with Crippen LogP contribution >= 0.6 is 11.8 Å². The molecule has 2 aromatic rings. The highest BCUT2D eigenvalue weighted by Crippen LogP contribution is 2.28. The van der Waals surface area contributed by atoms with Gasteiger partial charge in [0.15, 0.2) is 0 Å². The maximum absolute atomic E-state index is 11.3. The fourth-order valence-corrected chi connectivity index (χ4v) is 2.96. The third kappa shape index (κ3) is 2.99. The molecule has 0 saturated heterocycles. The molecule has 2 rings (SSSR count). The molecule has 1 aromatic carbocycles. The fraction of sp³-hybridized carbons (Fsp3) is 0.400. The number of benzene rings is 1. The molecule has 0 saturated carbocycles. The molecule has 108 valence electrons. The molecule has 3 N–H and O–H groups in total. The Hall–Kier alpha value is -1.46. The lowest BCUT2D eigenvalue weighted by Crippen LogP contribution is -2.20. The molecule has 1 atom stereocenters. The number of aryl methyl sites for hydroxylation is 1. The summed E-state index contributed by atoms with van der Waals surface area (Å²) in [5, 5.41) is 10.4. The number of nitrogens with two attached hydrogens (primary N) is 1. The Morgan fingerprint density at radius 1 is 1.50 bits per heavy atom. The molecule has 0 aliphatic rings. The molecule has 0 spiro atoms. The smallest absolute Gasteiger partial charge is 0.306 e. The van der Waals surface area contributed by atoms with Gasteiger partial charge in [0.1, 0.15) is 0 Å². The third-order valence-electron chi connectivity index (χ3n) is 3.61. The molecule has 1 heterocycles. The second-order valence-electron chi connectivity index (χ2n) is 4.96. The maximum atomic E-state index is 11.3. The minimum atomic E-state index is -0.770. The van der Waals surface area contributed by atoms with E-state index in [1.165, 1.54) is 4.90 Å². The number of thioether (sulfide) groups is 1. The first-order valence-electron chi connectivity index (χ1n) is 6.61. The van der Waals surface area contributed by atoms with Crippen molar-refractivity contribution in [3.63, 3.8) is 0 Å². The van der Waals surface area contributed by atoms with Crippen molar-refractivity contribution in [3.8, 4) is 0 Å². The molecule has 0 fully saturated rings. The zero-order valence-corrected chi connectivity index (χ0v) is 12.6. The fourth-order valence-electron chi connectivity index (χ4n) is 2.52. The van der Waals surface area contributed by atoms with E-state index in [9.17, 15) is 9.90 Å². The first-order valence-corrected chi connectivity index (χ1v) is 7.84. The number of rotatable bonds is 6. The van der Waals surface area contributed by atoms with Crippen LogP contribution in [-0.4, -0.2) is 28.4 Å². The lowest BCUT2D eigenvalue weighted by molar-refractivity contribution is -0.141. The Morgan fingerprint density at radius 2 is 2.25 bits per heavy atom. The molecule has 0 aliphatic carbocycles. The Balaban J connectivity index is 2.40. The predicted octanol–water partition coefficient (Wildman–Crippen LogP) is 2.49. The summed E-state index contributed by atoms with van der Waals surface area (Å²) >= 11 is 1.69. The van der Waals surface area contributed by atoms with Gasteiger partial charge in [-0.05, 0) is 49.4 Å². The lowest BCUT2D eigenvalue weighted by Gasteiger charge is -2.10. The molecule has 0 bridgehead atoms. The number of carboxylic acid groups (broad SMARTS) is 1. The molecule has 0 amide bonds. The van der Waals surface area contributed by atoms with E-state index >= 15 is 0 Å². The van der Waals surface area contributed by atoms with Gasteiger partial charge in [-0.2, -0.15) is 0 Å². The summed E-state index contributed by atoms with van der Waals surface area (Å²) in [7, 11) is 1.99. The number of carbonyl (C=O) groups is 1. The third-order valence-corrected chi connectivity index (χ3v) is 4.34. The van der Waals surface area contributed by atoms with E-state index in [0.29, 0.717) is 19.4 Å². The van der Waals surface area contributed by atoms with Gasteiger partial charge in [-0.1, -0.05) is 0 Å². The van der Waals surface area contributed by atoms with Crippen LogP contribution in [0, 0.1) is 5.92 Å². The van der Waals surface area contributed by atoms with E-state index in [0.717, 1.165) is 16.5 Å². The van der Waals surface area contributed by atoms with Crippen LogP contribution in [-0.2, 0) is 18.3 Å². The van der Waals surface area contributed by atoms with Gasteiger partial charge >= 0.3 is 5.97 Å². The second-order valence-corrected chi connectivity index (χ2v) is 5.84. The number of fused-ring (bicyclic) bond motifs is 1. The van der Waals surface area contributed by atoms with Gasteiger partial charge in [0.25, 0.3) is 0 Å². The van der Waals surface area contributed by atoms with E-state index in [4.69, 9.17) is 5.73 Å². The van der Waals surface area contributed by atoms with Crippen molar-refractivity contribution in [2.45, 2.75) is 17.7 Å². The van der Waals surface area contributed by atoms with Crippen LogP contribution in [0.3, 0.4) is 0 Å². The van der Waals surface area contributed by atoms with Gasteiger partial charge in [-0.3, -0.25) is 4.79 Å². The zero-order valence-electron chi connectivity index (χ0n) is 11.8. The molecule has 5 heteroatoms. The van der Waals surface area contributed by atoms with Crippen molar-refractivity contribution < 1.29 is 9.90 Å². The summed E-state index contributed by atoms with van der Waals surface area (Å²) in [6.07, 6.45) is 5.11. The highest BCUT2D eigenvalue weighted by Gasteiger charge is 2.19. The normalized spacial score (nSPS) is 12.8. The summed E-state index contributed by atoms with van der Waals surface area (Å²) in [6, 6.07) is 6.31. The second kappa shape index (κ2) is 6.33. The van der Waals surface area contributed by atoms with Gasteiger partial charge in [0.2, 0.25) is 0 Å². The summed E-state index contributed by atoms with van der Waals surface area (Å²) in [6.45, 7) is 0.401. The largest absolute Gasteiger partial charge is 0.481 e. The Kier molecular flexibility index (Phi) is 4.73. The molecule has 0 radical (unpaired) electrons. The van der Waals surface area contributed by atoms with E-state index in [-0.39, 0.29) is 0 Å². The number of hydrogen-bond donors (Lipinski definition) is 2. The minimum absolute atomic E-state index is 0.401. The van der Waals surface area contributed by atoms with Crippen LogP contribution in [0.15, 0.2) is 29.3 Å². The Bertz CT molecular complexity index is 622. The van der Waals surface area contributed by atoms with Gasteiger partial charge in [0, 0.05) is 29.0 Å². The topological polar surface area (TPSA) is 68.2 Å². The summed E-state index contributed by atoms with van der Waals surface area (Å²) < 4.78 is 2.05. The first-order chi connectivity index (χ1) is 9.56. The number of hydrogen-bond acceptors (Lipinski definition) is 3.